The normalized spacial score (nSPS) is 17.9. The molecule has 0 unspecified atom stereocenters. The number of hydrogen-bond acceptors (Lipinski definition) is 9. The SMILES string of the molecule is CC(C)c1cc(Nc2nc(Sc3ccc(NC(=O)CN4C[C@H](OC(C)(C)C)C[C@H]4CO)cc3)nn3cccc23)n[nH]1. The average Bonchev–Trinajstić information content (AvgIpc) is 3.64. The quantitative estimate of drug-likeness (QED) is 0.212. The molecule has 4 N–H and O–H groups in total. The molecule has 0 spiro atoms. The zero-order chi connectivity index (χ0) is 29.1. The summed E-state index contributed by atoms with van der Waals surface area (Å²) in [7, 11) is 0. The molecule has 218 valence electrons. The van der Waals surface area contributed by atoms with Crippen molar-refractivity contribution in [3.63, 3.8) is 0 Å². The van der Waals surface area contributed by atoms with Gasteiger partial charge in [0, 0.05) is 41.1 Å². The van der Waals surface area contributed by atoms with Crippen LogP contribution in [0, 0.1) is 0 Å². The molecular weight excluding hydrogens is 540 g/mol. The van der Waals surface area contributed by atoms with E-state index in [1.165, 1.54) is 11.8 Å². The molecule has 1 amide bonds. The summed E-state index contributed by atoms with van der Waals surface area (Å²) in [6, 6.07) is 13.4. The number of ether oxygens (including phenoxy) is 1. The monoisotopic (exact) mass is 578 g/mol. The number of hydrogen-bond donors (Lipinski definition) is 4. The Morgan fingerprint density at radius 2 is 2.02 bits per heavy atom. The van der Waals surface area contributed by atoms with Crippen molar-refractivity contribution >= 4 is 40.5 Å². The Morgan fingerprint density at radius 3 is 2.71 bits per heavy atom. The third kappa shape index (κ3) is 7.45. The van der Waals surface area contributed by atoms with E-state index in [1.54, 1.807) is 4.52 Å². The lowest BCUT2D eigenvalue weighted by atomic mass is 10.1. The van der Waals surface area contributed by atoms with E-state index in [1.807, 2.05) is 74.3 Å². The first-order chi connectivity index (χ1) is 19.6. The van der Waals surface area contributed by atoms with Gasteiger partial charge in [0.15, 0.2) is 11.6 Å². The van der Waals surface area contributed by atoms with Crippen LogP contribution in [-0.4, -0.2) is 78.2 Å². The van der Waals surface area contributed by atoms with Crippen molar-refractivity contribution in [3.8, 4) is 0 Å². The number of aliphatic hydroxyl groups excluding tert-OH is 1. The Bertz CT molecular complexity index is 1480. The van der Waals surface area contributed by atoms with Gasteiger partial charge in [-0.1, -0.05) is 13.8 Å². The Hall–Kier alpha value is -3.45. The van der Waals surface area contributed by atoms with Gasteiger partial charge in [-0.3, -0.25) is 14.8 Å². The first kappa shape index (κ1) is 29.1. The van der Waals surface area contributed by atoms with Crippen LogP contribution in [0.4, 0.5) is 17.3 Å². The van der Waals surface area contributed by atoms with Gasteiger partial charge in [-0.05, 0) is 81.3 Å². The number of aliphatic hydroxyl groups is 1. The molecule has 2 atom stereocenters. The second-order valence-electron chi connectivity index (χ2n) is 11.6. The molecule has 0 bridgehead atoms. The number of nitrogens with zero attached hydrogens (tertiary/aromatic N) is 5. The summed E-state index contributed by atoms with van der Waals surface area (Å²) in [6.45, 7) is 11.1. The van der Waals surface area contributed by atoms with Gasteiger partial charge in [0.25, 0.3) is 0 Å². The molecule has 1 aromatic carbocycles. The van der Waals surface area contributed by atoms with E-state index in [2.05, 4.69) is 39.8 Å². The Morgan fingerprint density at radius 1 is 1.24 bits per heavy atom. The highest BCUT2D eigenvalue weighted by Crippen LogP contribution is 2.29. The second kappa shape index (κ2) is 12.2. The number of benzene rings is 1. The summed E-state index contributed by atoms with van der Waals surface area (Å²) in [6.07, 6.45) is 2.59. The van der Waals surface area contributed by atoms with E-state index in [0.29, 0.717) is 41.4 Å². The van der Waals surface area contributed by atoms with Crippen LogP contribution in [0.5, 0.6) is 0 Å². The van der Waals surface area contributed by atoms with Crippen molar-refractivity contribution < 1.29 is 14.6 Å². The largest absolute Gasteiger partial charge is 0.395 e. The van der Waals surface area contributed by atoms with Gasteiger partial charge < -0.3 is 20.5 Å². The molecule has 12 heteroatoms. The Balaban J connectivity index is 1.21. The second-order valence-corrected chi connectivity index (χ2v) is 12.6. The first-order valence-corrected chi connectivity index (χ1v) is 14.7. The van der Waals surface area contributed by atoms with Crippen LogP contribution < -0.4 is 10.6 Å². The molecule has 3 aromatic heterocycles. The van der Waals surface area contributed by atoms with Gasteiger partial charge in [0.05, 0.1) is 24.9 Å². The van der Waals surface area contributed by atoms with E-state index < -0.39 is 0 Å². The van der Waals surface area contributed by atoms with Crippen LogP contribution in [0.3, 0.4) is 0 Å². The smallest absolute Gasteiger partial charge is 0.238 e. The number of aromatic amines is 1. The van der Waals surface area contributed by atoms with Crippen molar-refractivity contribution in [2.24, 2.45) is 0 Å². The minimum atomic E-state index is -0.267. The molecule has 5 rings (SSSR count). The predicted octanol–water partition coefficient (Wildman–Crippen LogP) is 4.66. The summed E-state index contributed by atoms with van der Waals surface area (Å²) in [4.78, 5) is 20.5. The van der Waals surface area contributed by atoms with E-state index in [-0.39, 0.29) is 36.8 Å². The van der Waals surface area contributed by atoms with Crippen molar-refractivity contribution in [1.29, 1.82) is 0 Å². The molecule has 1 saturated heterocycles. The van der Waals surface area contributed by atoms with E-state index in [0.717, 1.165) is 16.1 Å². The van der Waals surface area contributed by atoms with Crippen molar-refractivity contribution in [1.82, 2.24) is 29.7 Å². The van der Waals surface area contributed by atoms with Crippen LogP contribution >= 0.6 is 11.8 Å². The van der Waals surface area contributed by atoms with Crippen LogP contribution in [0.2, 0.25) is 0 Å². The van der Waals surface area contributed by atoms with Crippen LogP contribution in [-0.2, 0) is 9.53 Å². The van der Waals surface area contributed by atoms with Gasteiger partial charge in [-0.25, -0.2) is 9.50 Å². The molecule has 4 heterocycles. The molecule has 1 aliphatic heterocycles. The highest BCUT2D eigenvalue weighted by atomic mass is 32.2. The molecule has 1 fully saturated rings. The predicted molar refractivity (Wildman–Crippen MR) is 160 cm³/mol. The standard InChI is InChI=1S/C29H38N8O3S/c1-18(2)23-14-25(34-33-23)31-27-24-7-6-12-37(24)35-28(32-27)41-22-10-8-19(9-11-22)30-26(39)16-36-15-21(13-20(36)17-38)40-29(3,4)5/h6-12,14,18,20-21,38H,13,15-17H2,1-5H3,(H,30,39)(H2,31,32,33,34,35)/t20-,21+/m0/s1. The number of nitrogens with one attached hydrogen (secondary N) is 3. The number of fused-ring (bicyclic) bond motifs is 1. The fraction of sp³-hybridized carbons (Fsp3) is 0.448. The summed E-state index contributed by atoms with van der Waals surface area (Å²) in [5.74, 6) is 1.57. The highest BCUT2D eigenvalue weighted by Gasteiger charge is 2.35. The average molecular weight is 579 g/mol. The molecule has 0 saturated carbocycles. The molecular formula is C29H38N8O3S. The lowest BCUT2D eigenvalue weighted by molar-refractivity contribution is -0.117. The summed E-state index contributed by atoms with van der Waals surface area (Å²) in [5.41, 5.74) is 2.32. The number of rotatable bonds is 10. The molecule has 0 radical (unpaired) electrons. The fourth-order valence-electron chi connectivity index (χ4n) is 4.87. The third-order valence-corrected chi connectivity index (χ3v) is 7.62. The maximum Gasteiger partial charge on any atom is 0.238 e. The zero-order valence-electron chi connectivity index (χ0n) is 24.1. The third-order valence-electron chi connectivity index (χ3n) is 6.75. The number of aromatic nitrogens is 5. The fourth-order valence-corrected chi connectivity index (χ4v) is 5.62. The van der Waals surface area contributed by atoms with Gasteiger partial charge in [-0.2, -0.15) is 5.10 Å². The molecule has 41 heavy (non-hydrogen) atoms. The maximum atomic E-state index is 12.8. The molecule has 0 aliphatic carbocycles. The summed E-state index contributed by atoms with van der Waals surface area (Å²) >= 11 is 1.43. The van der Waals surface area contributed by atoms with Gasteiger partial charge in [0.2, 0.25) is 11.1 Å². The van der Waals surface area contributed by atoms with Gasteiger partial charge >= 0.3 is 0 Å². The molecule has 1 aliphatic rings. The van der Waals surface area contributed by atoms with Crippen molar-refractivity contribution in [2.45, 2.75) is 74.8 Å². The number of anilines is 3. The summed E-state index contributed by atoms with van der Waals surface area (Å²) < 4.78 is 7.87. The van der Waals surface area contributed by atoms with E-state index in [9.17, 15) is 9.90 Å². The lowest BCUT2D eigenvalue weighted by Crippen LogP contribution is -2.39. The number of amides is 1. The Labute approximate surface area is 244 Å². The van der Waals surface area contributed by atoms with Crippen molar-refractivity contribution in [2.75, 3.05) is 30.3 Å². The maximum absolute atomic E-state index is 12.8. The van der Waals surface area contributed by atoms with E-state index in [4.69, 9.17) is 9.72 Å². The minimum Gasteiger partial charge on any atom is -0.395 e. The van der Waals surface area contributed by atoms with Crippen LogP contribution in [0.1, 0.15) is 52.7 Å². The molecule has 4 aromatic rings. The van der Waals surface area contributed by atoms with Gasteiger partial charge in [-0.15, -0.1) is 5.10 Å². The number of H-pyrrole nitrogens is 1. The number of likely N-dealkylation sites (tertiary alicyclic amines) is 1. The van der Waals surface area contributed by atoms with Crippen LogP contribution in [0.25, 0.3) is 5.52 Å². The number of carbonyl (C=O) groups excluding carboxylic acids is 1. The lowest BCUT2D eigenvalue weighted by Gasteiger charge is -2.25. The van der Waals surface area contributed by atoms with Gasteiger partial charge in [0.1, 0.15) is 5.52 Å². The van der Waals surface area contributed by atoms with Crippen LogP contribution in [0.15, 0.2) is 58.7 Å². The number of carbonyl (C=O) groups is 1. The zero-order valence-corrected chi connectivity index (χ0v) is 24.9. The Kier molecular flexibility index (Phi) is 8.64. The first-order valence-electron chi connectivity index (χ1n) is 13.8. The highest BCUT2D eigenvalue weighted by molar-refractivity contribution is 7.99. The molecule has 11 nitrogen and oxygen atoms in total. The topological polar surface area (TPSA) is 133 Å². The van der Waals surface area contributed by atoms with Crippen molar-refractivity contribution in [3.05, 3.63) is 54.4 Å². The minimum absolute atomic E-state index is 0.00199. The van der Waals surface area contributed by atoms with E-state index >= 15 is 0 Å². The summed E-state index contributed by atoms with van der Waals surface area (Å²) in [5, 5.41) is 28.7.